The molecular formula is C17H14BrNO3. The third kappa shape index (κ3) is 2.90. The van der Waals surface area contributed by atoms with Gasteiger partial charge in [0.1, 0.15) is 6.61 Å². The Morgan fingerprint density at radius 2 is 1.91 bits per heavy atom. The molecule has 112 valence electrons. The fraction of sp³-hybridized carbons (Fsp3) is 0.176. The van der Waals surface area contributed by atoms with Gasteiger partial charge in [-0.05, 0) is 33.6 Å². The van der Waals surface area contributed by atoms with Gasteiger partial charge in [0.05, 0.1) is 11.3 Å². The number of halogens is 1. The number of ether oxygens (including phenoxy) is 1. The minimum atomic E-state index is -0.435. The number of carbonyl (C=O) groups excluding carboxylic acids is 2. The van der Waals surface area contributed by atoms with Gasteiger partial charge in [-0.1, -0.05) is 36.4 Å². The fourth-order valence-electron chi connectivity index (χ4n) is 2.46. The van der Waals surface area contributed by atoms with Crippen LogP contribution in [0.1, 0.15) is 22.3 Å². The Hall–Kier alpha value is -2.14. The molecule has 22 heavy (non-hydrogen) atoms. The number of fused-ring (bicyclic) bond motifs is 1. The Morgan fingerprint density at radius 1 is 1.14 bits per heavy atom. The third-order valence-corrected chi connectivity index (χ3v) is 4.21. The first-order valence-corrected chi connectivity index (χ1v) is 7.76. The van der Waals surface area contributed by atoms with Gasteiger partial charge in [-0.2, -0.15) is 0 Å². The molecule has 4 nitrogen and oxygen atoms in total. The molecule has 0 spiro atoms. The number of nitrogens with zero attached hydrogens (tertiary/aromatic N) is 1. The van der Waals surface area contributed by atoms with Gasteiger partial charge in [0.2, 0.25) is 0 Å². The molecule has 0 aliphatic carbocycles. The number of rotatable bonds is 2. The van der Waals surface area contributed by atoms with E-state index >= 15 is 0 Å². The summed E-state index contributed by atoms with van der Waals surface area (Å²) in [6, 6.07) is 14.9. The summed E-state index contributed by atoms with van der Waals surface area (Å²) in [6.45, 7) is 0.559. The summed E-state index contributed by atoms with van der Waals surface area (Å²) in [6.07, 6.45) is -0.133. The van der Waals surface area contributed by atoms with Crippen molar-refractivity contribution in [1.82, 2.24) is 0 Å². The van der Waals surface area contributed by atoms with Gasteiger partial charge in [0.15, 0.2) is 5.78 Å². The van der Waals surface area contributed by atoms with Gasteiger partial charge in [0.25, 0.3) is 0 Å². The second kappa shape index (κ2) is 6.32. The molecular weight excluding hydrogens is 346 g/mol. The van der Waals surface area contributed by atoms with E-state index in [9.17, 15) is 9.59 Å². The van der Waals surface area contributed by atoms with Gasteiger partial charge >= 0.3 is 6.09 Å². The van der Waals surface area contributed by atoms with Gasteiger partial charge < -0.3 is 4.74 Å². The minimum absolute atomic E-state index is 0.0367. The molecule has 0 atom stereocenters. The van der Waals surface area contributed by atoms with Crippen LogP contribution in [0.4, 0.5) is 10.5 Å². The van der Waals surface area contributed by atoms with E-state index in [1.54, 1.807) is 18.2 Å². The molecule has 2 aromatic rings. The van der Waals surface area contributed by atoms with Crippen molar-refractivity contribution in [3.63, 3.8) is 0 Å². The molecule has 0 aromatic heterocycles. The lowest BCUT2D eigenvalue weighted by Crippen LogP contribution is -2.37. The second-order valence-electron chi connectivity index (χ2n) is 5.00. The van der Waals surface area contributed by atoms with Crippen molar-refractivity contribution in [3.8, 4) is 0 Å². The Labute approximate surface area is 136 Å². The van der Waals surface area contributed by atoms with E-state index < -0.39 is 6.09 Å². The van der Waals surface area contributed by atoms with E-state index in [1.165, 1.54) is 4.90 Å². The van der Waals surface area contributed by atoms with Crippen LogP contribution in [-0.4, -0.2) is 18.4 Å². The van der Waals surface area contributed by atoms with E-state index in [1.807, 2.05) is 30.3 Å². The summed E-state index contributed by atoms with van der Waals surface area (Å²) in [7, 11) is 0. The van der Waals surface area contributed by atoms with Crippen LogP contribution in [0.5, 0.6) is 0 Å². The second-order valence-corrected chi connectivity index (χ2v) is 5.85. The molecule has 0 unspecified atom stereocenters. The number of amides is 1. The minimum Gasteiger partial charge on any atom is -0.444 e. The van der Waals surface area contributed by atoms with Crippen molar-refractivity contribution < 1.29 is 14.3 Å². The summed E-state index contributed by atoms with van der Waals surface area (Å²) < 4.78 is 6.06. The van der Waals surface area contributed by atoms with Crippen LogP contribution in [0.25, 0.3) is 0 Å². The predicted molar refractivity (Wildman–Crippen MR) is 87.1 cm³/mol. The summed E-state index contributed by atoms with van der Waals surface area (Å²) in [4.78, 5) is 25.9. The standard InChI is InChI=1S/C17H14BrNO3/c18-13-7-4-8-14-16(13)15(20)9-10-19(14)17(21)22-11-12-5-2-1-3-6-12/h1-8H,9-11H2. The monoisotopic (exact) mass is 359 g/mol. The lowest BCUT2D eigenvalue weighted by molar-refractivity contribution is 0.0977. The Balaban J connectivity index is 1.78. The molecule has 1 aliphatic heterocycles. The van der Waals surface area contributed by atoms with Crippen molar-refractivity contribution in [2.45, 2.75) is 13.0 Å². The molecule has 1 heterocycles. The average molecular weight is 360 g/mol. The largest absolute Gasteiger partial charge is 0.444 e. The summed E-state index contributed by atoms with van der Waals surface area (Å²) >= 11 is 3.38. The topological polar surface area (TPSA) is 46.6 Å². The first kappa shape index (κ1) is 14.8. The van der Waals surface area contributed by atoms with E-state index in [4.69, 9.17) is 4.74 Å². The van der Waals surface area contributed by atoms with Crippen LogP contribution in [0.2, 0.25) is 0 Å². The molecule has 0 saturated heterocycles. The maximum atomic E-state index is 12.3. The maximum Gasteiger partial charge on any atom is 0.414 e. The quantitative estimate of drug-likeness (QED) is 0.807. The van der Waals surface area contributed by atoms with Crippen molar-refractivity contribution in [2.75, 3.05) is 11.4 Å². The number of Topliss-reactive ketones (excluding diaryl/α,β-unsaturated/α-hetero) is 1. The number of anilines is 1. The number of ketones is 1. The molecule has 2 aromatic carbocycles. The number of carbonyl (C=O) groups is 2. The molecule has 5 heteroatoms. The SMILES string of the molecule is O=C1CCN(C(=O)OCc2ccccc2)c2cccc(Br)c21. The molecule has 3 rings (SSSR count). The molecule has 0 N–H and O–H groups in total. The average Bonchev–Trinajstić information content (AvgIpc) is 2.54. The zero-order valence-corrected chi connectivity index (χ0v) is 13.4. The highest BCUT2D eigenvalue weighted by atomic mass is 79.9. The summed E-state index contributed by atoms with van der Waals surface area (Å²) in [5.74, 6) is 0.0367. The molecule has 0 fully saturated rings. The maximum absolute atomic E-state index is 12.3. The molecule has 0 radical (unpaired) electrons. The van der Waals surface area contributed by atoms with E-state index in [0.29, 0.717) is 28.7 Å². The van der Waals surface area contributed by atoms with Crippen molar-refractivity contribution >= 4 is 33.5 Å². The number of hydrogen-bond donors (Lipinski definition) is 0. The first-order chi connectivity index (χ1) is 10.7. The highest BCUT2D eigenvalue weighted by molar-refractivity contribution is 9.10. The van der Waals surface area contributed by atoms with E-state index in [0.717, 1.165) is 5.56 Å². The molecule has 1 aliphatic rings. The Morgan fingerprint density at radius 3 is 2.68 bits per heavy atom. The van der Waals surface area contributed by atoms with E-state index in [-0.39, 0.29) is 12.4 Å². The predicted octanol–water partition coefficient (Wildman–Crippen LogP) is 4.18. The number of benzene rings is 2. The van der Waals surface area contributed by atoms with Crippen LogP contribution < -0.4 is 4.90 Å². The summed E-state index contributed by atoms with van der Waals surface area (Å²) in [5.41, 5.74) is 2.08. The van der Waals surface area contributed by atoms with Crippen LogP contribution in [-0.2, 0) is 11.3 Å². The van der Waals surface area contributed by atoms with Crippen molar-refractivity contribution in [1.29, 1.82) is 0 Å². The van der Waals surface area contributed by atoms with Crippen molar-refractivity contribution in [2.24, 2.45) is 0 Å². The van der Waals surface area contributed by atoms with Crippen molar-refractivity contribution in [3.05, 3.63) is 64.1 Å². The Kier molecular flexibility index (Phi) is 4.24. The molecule has 1 amide bonds. The molecule has 0 saturated carbocycles. The van der Waals surface area contributed by atoms with Crippen LogP contribution in [0.3, 0.4) is 0 Å². The van der Waals surface area contributed by atoms with Gasteiger partial charge in [-0.3, -0.25) is 9.69 Å². The number of hydrogen-bond acceptors (Lipinski definition) is 3. The van der Waals surface area contributed by atoms with Gasteiger partial charge in [-0.15, -0.1) is 0 Å². The fourth-order valence-corrected chi connectivity index (χ4v) is 3.04. The van der Waals surface area contributed by atoms with Crippen LogP contribution in [0.15, 0.2) is 53.0 Å². The van der Waals surface area contributed by atoms with Gasteiger partial charge in [0, 0.05) is 17.4 Å². The lowest BCUT2D eigenvalue weighted by Gasteiger charge is -2.28. The highest BCUT2D eigenvalue weighted by Crippen LogP contribution is 2.33. The highest BCUT2D eigenvalue weighted by Gasteiger charge is 2.29. The van der Waals surface area contributed by atoms with Crippen LogP contribution >= 0.6 is 15.9 Å². The summed E-state index contributed by atoms with van der Waals surface area (Å²) in [5, 5.41) is 0. The Bertz CT molecular complexity index is 715. The molecule has 0 bridgehead atoms. The smallest absolute Gasteiger partial charge is 0.414 e. The lowest BCUT2D eigenvalue weighted by atomic mass is 10.0. The van der Waals surface area contributed by atoms with Crippen LogP contribution in [0, 0.1) is 0 Å². The zero-order valence-electron chi connectivity index (χ0n) is 11.8. The third-order valence-electron chi connectivity index (χ3n) is 3.55. The normalized spacial score (nSPS) is 13.7. The van der Waals surface area contributed by atoms with E-state index in [2.05, 4.69) is 15.9 Å². The zero-order chi connectivity index (χ0) is 15.5. The van der Waals surface area contributed by atoms with Gasteiger partial charge in [-0.25, -0.2) is 4.79 Å². The first-order valence-electron chi connectivity index (χ1n) is 6.97.